The van der Waals surface area contributed by atoms with Gasteiger partial charge in [-0.25, -0.2) is 0 Å². The third kappa shape index (κ3) is 2.72. The van der Waals surface area contributed by atoms with E-state index in [1.807, 2.05) is 0 Å². The Morgan fingerprint density at radius 3 is 2.40 bits per heavy atom. The number of nitrogens with zero attached hydrogens (tertiary/aromatic N) is 1. The smallest absolute Gasteiger partial charge is 0.164 e. The van der Waals surface area contributed by atoms with E-state index >= 15 is 0 Å². The molecule has 5 nitrogen and oxygen atoms in total. The average Bonchev–Trinajstić information content (AvgIpc) is 3.61. The summed E-state index contributed by atoms with van der Waals surface area (Å²) in [4.78, 5) is 2.32. The van der Waals surface area contributed by atoms with E-state index in [0.717, 1.165) is 30.2 Å². The Kier molecular flexibility index (Phi) is 4.66. The highest BCUT2D eigenvalue weighted by molar-refractivity contribution is 6.07. The molecular weight excluding hydrogens is 378 g/mol. The van der Waals surface area contributed by atoms with E-state index in [4.69, 9.17) is 18.9 Å². The van der Waals surface area contributed by atoms with Gasteiger partial charge in [0.15, 0.2) is 11.5 Å². The number of hydrogen-bond acceptors (Lipinski definition) is 5. The third-order valence-electron chi connectivity index (χ3n) is 6.68. The van der Waals surface area contributed by atoms with Crippen LogP contribution in [0.2, 0.25) is 0 Å². The van der Waals surface area contributed by atoms with Crippen LogP contribution in [-0.2, 0) is 9.47 Å². The highest BCUT2D eigenvalue weighted by atomic mass is 16.5. The van der Waals surface area contributed by atoms with Gasteiger partial charge < -0.3 is 23.8 Å². The van der Waals surface area contributed by atoms with Crippen LogP contribution in [0.1, 0.15) is 36.3 Å². The Balaban J connectivity index is 1.78. The molecular formula is C25H29NO4. The first-order valence-corrected chi connectivity index (χ1v) is 10.6. The summed E-state index contributed by atoms with van der Waals surface area (Å²) >= 11 is 0. The summed E-state index contributed by atoms with van der Waals surface area (Å²) in [5.41, 5.74) is 6.26. The summed E-state index contributed by atoms with van der Waals surface area (Å²) in [6.45, 7) is 0.786. The number of ether oxygens (including phenoxy) is 4. The van der Waals surface area contributed by atoms with Gasteiger partial charge in [0.1, 0.15) is 11.9 Å². The van der Waals surface area contributed by atoms with Crippen molar-refractivity contribution in [1.29, 1.82) is 0 Å². The molecule has 2 aromatic carbocycles. The van der Waals surface area contributed by atoms with Gasteiger partial charge in [-0.05, 0) is 42.2 Å². The lowest BCUT2D eigenvalue weighted by molar-refractivity contribution is 0.0779. The second-order valence-electron chi connectivity index (χ2n) is 8.34. The van der Waals surface area contributed by atoms with Crippen molar-refractivity contribution >= 4 is 22.0 Å². The molecule has 0 saturated heterocycles. The zero-order valence-corrected chi connectivity index (χ0v) is 18.4. The Labute approximate surface area is 177 Å². The maximum atomic E-state index is 5.80. The molecule has 30 heavy (non-hydrogen) atoms. The van der Waals surface area contributed by atoms with Crippen LogP contribution in [0, 0.1) is 0 Å². The quantitative estimate of drug-likeness (QED) is 0.706. The van der Waals surface area contributed by atoms with Crippen molar-refractivity contribution in [2.24, 2.45) is 0 Å². The lowest BCUT2D eigenvalue weighted by atomic mass is 9.83. The summed E-state index contributed by atoms with van der Waals surface area (Å²) in [5, 5.41) is 2.49. The van der Waals surface area contributed by atoms with Gasteiger partial charge in [-0.3, -0.25) is 0 Å². The molecule has 1 fully saturated rings. The van der Waals surface area contributed by atoms with Crippen molar-refractivity contribution in [3.8, 4) is 11.5 Å². The molecule has 0 spiro atoms. The predicted molar refractivity (Wildman–Crippen MR) is 120 cm³/mol. The van der Waals surface area contributed by atoms with Gasteiger partial charge in [0, 0.05) is 42.8 Å². The monoisotopic (exact) mass is 407 g/mol. The topological polar surface area (TPSA) is 40.2 Å². The Morgan fingerprint density at radius 1 is 0.967 bits per heavy atom. The number of anilines is 1. The second-order valence-corrected chi connectivity index (χ2v) is 8.34. The number of rotatable bonds is 5. The van der Waals surface area contributed by atoms with Gasteiger partial charge in [0.05, 0.1) is 27.0 Å². The molecule has 1 heterocycles. The maximum Gasteiger partial charge on any atom is 0.164 e. The minimum absolute atomic E-state index is 0.0185. The summed E-state index contributed by atoms with van der Waals surface area (Å²) < 4.78 is 23.0. The molecule has 0 N–H and O–H groups in total. The fourth-order valence-corrected chi connectivity index (χ4v) is 5.20. The average molecular weight is 408 g/mol. The van der Waals surface area contributed by atoms with Crippen LogP contribution >= 0.6 is 0 Å². The van der Waals surface area contributed by atoms with Gasteiger partial charge in [0.25, 0.3) is 0 Å². The number of benzene rings is 2. The lowest BCUT2D eigenvalue weighted by Gasteiger charge is -2.37. The summed E-state index contributed by atoms with van der Waals surface area (Å²) in [7, 11) is 9.10. The van der Waals surface area contributed by atoms with Gasteiger partial charge in [-0.15, -0.1) is 0 Å². The van der Waals surface area contributed by atoms with Crippen molar-refractivity contribution in [3.63, 3.8) is 0 Å². The van der Waals surface area contributed by atoms with Crippen molar-refractivity contribution in [1.82, 2.24) is 0 Å². The van der Waals surface area contributed by atoms with E-state index in [2.05, 4.69) is 36.2 Å². The van der Waals surface area contributed by atoms with E-state index < -0.39 is 0 Å². The Hall–Kier alpha value is -2.66. The number of hydrogen-bond donors (Lipinski definition) is 0. The van der Waals surface area contributed by atoms with Crippen LogP contribution in [0.5, 0.6) is 11.5 Å². The Morgan fingerprint density at radius 2 is 1.77 bits per heavy atom. The summed E-state index contributed by atoms with van der Waals surface area (Å²) in [6.07, 6.45) is 5.51. The summed E-state index contributed by atoms with van der Waals surface area (Å²) in [6, 6.07) is 6.66. The molecule has 158 valence electrons. The van der Waals surface area contributed by atoms with Crippen molar-refractivity contribution in [2.75, 3.05) is 46.9 Å². The van der Waals surface area contributed by atoms with E-state index in [1.165, 1.54) is 51.6 Å². The van der Waals surface area contributed by atoms with Crippen LogP contribution in [0.25, 0.3) is 16.3 Å². The van der Waals surface area contributed by atoms with Crippen LogP contribution < -0.4 is 14.4 Å². The van der Waals surface area contributed by atoms with Crippen LogP contribution in [-0.4, -0.2) is 48.1 Å². The van der Waals surface area contributed by atoms with Gasteiger partial charge in [-0.2, -0.15) is 0 Å². The highest BCUT2D eigenvalue weighted by Crippen LogP contribution is 2.54. The first kappa shape index (κ1) is 19.3. The summed E-state index contributed by atoms with van der Waals surface area (Å²) in [5.74, 6) is 3.19. The molecule has 1 unspecified atom stereocenters. The highest BCUT2D eigenvalue weighted by Gasteiger charge is 2.35. The van der Waals surface area contributed by atoms with Crippen molar-refractivity contribution in [2.45, 2.75) is 31.3 Å². The zero-order chi connectivity index (χ0) is 21.0. The molecule has 3 aliphatic rings. The molecule has 2 aromatic rings. The molecule has 2 aliphatic carbocycles. The maximum absolute atomic E-state index is 5.80. The number of likely N-dealkylation sites (N-methyl/N-ethyl adjacent to an activating group) is 1. The normalized spacial score (nSPS) is 20.6. The molecule has 5 rings (SSSR count). The zero-order valence-electron chi connectivity index (χ0n) is 18.4. The Bertz CT molecular complexity index is 1080. The van der Waals surface area contributed by atoms with E-state index in [-0.39, 0.29) is 6.10 Å². The van der Waals surface area contributed by atoms with Crippen LogP contribution in [0.4, 0.5) is 5.69 Å². The molecule has 0 bridgehead atoms. The van der Waals surface area contributed by atoms with Gasteiger partial charge in [0.2, 0.25) is 0 Å². The fourth-order valence-electron chi connectivity index (χ4n) is 5.20. The van der Waals surface area contributed by atoms with Crippen molar-refractivity contribution in [3.05, 3.63) is 46.7 Å². The molecule has 0 aromatic heterocycles. The first-order chi connectivity index (χ1) is 14.6. The molecule has 0 amide bonds. The minimum atomic E-state index is -0.0185. The largest absolute Gasteiger partial charge is 0.498 e. The lowest BCUT2D eigenvalue weighted by Crippen LogP contribution is -2.32. The molecule has 1 atom stereocenters. The first-order valence-electron chi connectivity index (χ1n) is 10.6. The number of fused-ring (bicyclic) bond motifs is 5. The van der Waals surface area contributed by atoms with Crippen LogP contribution in [0.15, 0.2) is 35.6 Å². The van der Waals surface area contributed by atoms with Crippen molar-refractivity contribution < 1.29 is 18.9 Å². The minimum Gasteiger partial charge on any atom is -0.498 e. The molecule has 5 heteroatoms. The third-order valence-corrected chi connectivity index (χ3v) is 6.68. The van der Waals surface area contributed by atoms with Crippen LogP contribution in [0.3, 0.4) is 0 Å². The second kappa shape index (κ2) is 7.24. The van der Waals surface area contributed by atoms with Gasteiger partial charge in [-0.1, -0.05) is 18.2 Å². The van der Waals surface area contributed by atoms with Gasteiger partial charge >= 0.3 is 0 Å². The fraction of sp³-hybridized carbons (Fsp3) is 0.440. The molecule has 1 aliphatic heterocycles. The standard InChI is InChI=1S/C25H29NO4/c1-26-13-19-15(10-11-20(27-2)24(19)29-4)17-9-8-16-18(23(17)26)12-21(28-3)25(30-5)22(16)14-6-7-14/h8-10,12,14,20H,6-7,11,13H2,1-5H3. The predicted octanol–water partition coefficient (Wildman–Crippen LogP) is 4.89. The molecule has 1 saturated carbocycles. The number of methoxy groups -OCH3 is 4. The SMILES string of the molecule is COC1=C2CN(C)c3c(ccc4c(C5CC5)c(OC)c(OC)cc34)C2=CCC1OC. The van der Waals surface area contributed by atoms with E-state index in [9.17, 15) is 0 Å². The van der Waals surface area contributed by atoms with E-state index in [1.54, 1.807) is 28.4 Å². The van der Waals surface area contributed by atoms with E-state index in [0.29, 0.717) is 5.92 Å². The molecule has 0 radical (unpaired) electrons.